The van der Waals surface area contributed by atoms with Crippen molar-refractivity contribution in [1.29, 1.82) is 0 Å². The van der Waals surface area contributed by atoms with Crippen LogP contribution >= 0.6 is 31.9 Å². The molecule has 0 spiro atoms. The molecule has 0 amide bonds. The molecule has 0 fully saturated rings. The van der Waals surface area contributed by atoms with Crippen molar-refractivity contribution in [2.24, 2.45) is 0 Å². The first kappa shape index (κ1) is 9.99. The van der Waals surface area contributed by atoms with Crippen LogP contribution in [0.2, 0.25) is 0 Å². The zero-order valence-corrected chi connectivity index (χ0v) is 10.8. The lowest BCUT2D eigenvalue weighted by Gasteiger charge is -2.07. The molecule has 0 unspecified atom stereocenters. The minimum atomic E-state index is 0.751. The molecule has 2 aromatic rings. The van der Waals surface area contributed by atoms with Gasteiger partial charge in [0.25, 0.3) is 0 Å². The van der Waals surface area contributed by atoms with Gasteiger partial charge in [-0.3, -0.25) is 0 Å². The fraction of sp³-hybridized carbons (Fsp3) is 0.0909. The van der Waals surface area contributed by atoms with E-state index in [9.17, 15) is 0 Å². The highest BCUT2D eigenvalue weighted by atomic mass is 79.9. The van der Waals surface area contributed by atoms with Gasteiger partial charge in [0.15, 0.2) is 0 Å². The highest BCUT2D eigenvalue weighted by Crippen LogP contribution is 2.35. The van der Waals surface area contributed by atoms with E-state index in [1.165, 1.54) is 10.9 Å². The molecule has 0 aliphatic carbocycles. The van der Waals surface area contributed by atoms with Gasteiger partial charge in [-0.15, -0.1) is 0 Å². The van der Waals surface area contributed by atoms with E-state index in [4.69, 9.17) is 5.73 Å². The van der Waals surface area contributed by atoms with Crippen molar-refractivity contribution in [3.8, 4) is 0 Å². The van der Waals surface area contributed by atoms with Crippen molar-refractivity contribution in [3.05, 3.63) is 38.8 Å². The lowest BCUT2D eigenvalue weighted by Crippen LogP contribution is -1.89. The average molecular weight is 315 g/mol. The molecule has 0 bridgehead atoms. The SMILES string of the molecule is Cc1ccc2c(Br)c(N)c(Br)cc2c1. The number of anilines is 1. The molecule has 1 nitrogen and oxygen atoms in total. The van der Waals surface area contributed by atoms with Crippen LogP contribution in [0.3, 0.4) is 0 Å². The number of nitrogens with two attached hydrogens (primary N) is 1. The van der Waals surface area contributed by atoms with Crippen molar-refractivity contribution in [1.82, 2.24) is 0 Å². The summed E-state index contributed by atoms with van der Waals surface area (Å²) in [5.41, 5.74) is 7.89. The lowest BCUT2D eigenvalue weighted by atomic mass is 10.1. The topological polar surface area (TPSA) is 26.0 Å². The third kappa shape index (κ3) is 1.55. The Balaban J connectivity index is 2.91. The predicted molar refractivity (Wildman–Crippen MR) is 68.5 cm³/mol. The number of aryl methyl sites for hydroxylation is 1. The van der Waals surface area contributed by atoms with E-state index in [0.29, 0.717) is 0 Å². The standard InChI is InChI=1S/C11H9Br2N/c1-6-2-3-8-7(4-6)5-9(12)11(14)10(8)13/h2-5H,14H2,1H3. The van der Waals surface area contributed by atoms with Crippen molar-refractivity contribution in [2.45, 2.75) is 6.92 Å². The summed E-state index contributed by atoms with van der Waals surface area (Å²) in [6.07, 6.45) is 0. The van der Waals surface area contributed by atoms with E-state index in [1.54, 1.807) is 0 Å². The summed E-state index contributed by atoms with van der Waals surface area (Å²) < 4.78 is 1.89. The number of hydrogen-bond acceptors (Lipinski definition) is 1. The Morgan fingerprint density at radius 1 is 1.14 bits per heavy atom. The van der Waals surface area contributed by atoms with E-state index >= 15 is 0 Å². The maximum atomic E-state index is 5.89. The van der Waals surface area contributed by atoms with E-state index < -0.39 is 0 Å². The molecular weight excluding hydrogens is 306 g/mol. The monoisotopic (exact) mass is 313 g/mol. The van der Waals surface area contributed by atoms with Crippen LogP contribution in [0.4, 0.5) is 5.69 Å². The summed E-state index contributed by atoms with van der Waals surface area (Å²) in [5, 5.41) is 2.34. The number of nitrogen functional groups attached to an aromatic ring is 1. The van der Waals surface area contributed by atoms with E-state index in [0.717, 1.165) is 20.0 Å². The van der Waals surface area contributed by atoms with Crippen LogP contribution in [0.1, 0.15) is 5.56 Å². The first-order chi connectivity index (χ1) is 6.59. The number of hydrogen-bond donors (Lipinski definition) is 1. The molecule has 14 heavy (non-hydrogen) atoms. The zero-order valence-electron chi connectivity index (χ0n) is 7.64. The Morgan fingerprint density at radius 3 is 2.57 bits per heavy atom. The molecule has 2 N–H and O–H groups in total. The smallest absolute Gasteiger partial charge is 0.0609 e. The van der Waals surface area contributed by atoms with Gasteiger partial charge in [0.05, 0.1) is 5.69 Å². The number of fused-ring (bicyclic) bond motifs is 1. The second-order valence-corrected chi connectivity index (χ2v) is 4.96. The Kier molecular flexibility index (Phi) is 2.54. The van der Waals surface area contributed by atoms with Crippen LogP contribution in [-0.4, -0.2) is 0 Å². The van der Waals surface area contributed by atoms with Crippen LogP contribution in [-0.2, 0) is 0 Å². The van der Waals surface area contributed by atoms with Gasteiger partial charge >= 0.3 is 0 Å². The maximum Gasteiger partial charge on any atom is 0.0609 e. The molecule has 0 aliphatic heterocycles. The van der Waals surface area contributed by atoms with Crippen LogP contribution in [0.15, 0.2) is 33.2 Å². The second kappa shape index (κ2) is 3.55. The normalized spacial score (nSPS) is 10.8. The minimum absolute atomic E-state index is 0.751. The van der Waals surface area contributed by atoms with Gasteiger partial charge in [0.1, 0.15) is 0 Å². The van der Waals surface area contributed by atoms with Crippen molar-refractivity contribution < 1.29 is 0 Å². The molecule has 0 atom stereocenters. The summed E-state index contributed by atoms with van der Waals surface area (Å²) >= 11 is 6.94. The number of rotatable bonds is 0. The third-order valence-corrected chi connectivity index (χ3v) is 3.73. The first-order valence-electron chi connectivity index (χ1n) is 4.23. The molecule has 0 saturated carbocycles. The van der Waals surface area contributed by atoms with Crippen LogP contribution in [0.25, 0.3) is 10.8 Å². The first-order valence-corrected chi connectivity index (χ1v) is 5.82. The fourth-order valence-corrected chi connectivity index (χ4v) is 2.75. The quantitative estimate of drug-likeness (QED) is 0.723. The lowest BCUT2D eigenvalue weighted by molar-refractivity contribution is 1.50. The maximum absolute atomic E-state index is 5.89. The molecule has 0 aromatic heterocycles. The molecule has 2 aromatic carbocycles. The van der Waals surface area contributed by atoms with Crippen molar-refractivity contribution >= 4 is 48.3 Å². The highest BCUT2D eigenvalue weighted by Gasteiger charge is 2.06. The van der Waals surface area contributed by atoms with E-state index in [2.05, 4.69) is 57.0 Å². The molecule has 72 valence electrons. The van der Waals surface area contributed by atoms with E-state index in [1.807, 2.05) is 6.07 Å². The molecule has 3 heteroatoms. The summed E-state index contributed by atoms with van der Waals surface area (Å²) in [6.45, 7) is 2.08. The van der Waals surface area contributed by atoms with Crippen LogP contribution in [0.5, 0.6) is 0 Å². The van der Waals surface area contributed by atoms with Crippen molar-refractivity contribution in [3.63, 3.8) is 0 Å². The second-order valence-electron chi connectivity index (χ2n) is 3.31. The van der Waals surface area contributed by atoms with Gasteiger partial charge in [-0.05, 0) is 55.6 Å². The third-order valence-electron chi connectivity index (χ3n) is 2.22. The summed E-state index contributed by atoms with van der Waals surface area (Å²) in [5.74, 6) is 0. The molecule has 0 radical (unpaired) electrons. The summed E-state index contributed by atoms with van der Waals surface area (Å²) in [7, 11) is 0. The Hall–Kier alpha value is -0.540. The molecule has 2 rings (SSSR count). The summed E-state index contributed by atoms with van der Waals surface area (Å²) in [6, 6.07) is 8.35. The molecule has 0 aliphatic rings. The molecule has 0 heterocycles. The number of halogens is 2. The molecule has 0 saturated heterocycles. The van der Waals surface area contributed by atoms with Gasteiger partial charge in [0.2, 0.25) is 0 Å². The highest BCUT2D eigenvalue weighted by molar-refractivity contribution is 9.11. The van der Waals surface area contributed by atoms with Gasteiger partial charge in [-0.2, -0.15) is 0 Å². The Bertz CT molecular complexity index is 506. The van der Waals surface area contributed by atoms with Gasteiger partial charge in [-0.1, -0.05) is 23.8 Å². The van der Waals surface area contributed by atoms with Crippen LogP contribution in [0, 0.1) is 6.92 Å². The van der Waals surface area contributed by atoms with E-state index in [-0.39, 0.29) is 0 Å². The Labute approximate surface area is 99.6 Å². The van der Waals surface area contributed by atoms with Crippen molar-refractivity contribution in [2.75, 3.05) is 5.73 Å². The average Bonchev–Trinajstić information content (AvgIpc) is 2.14. The van der Waals surface area contributed by atoms with Gasteiger partial charge in [-0.25, -0.2) is 0 Å². The number of benzene rings is 2. The van der Waals surface area contributed by atoms with Gasteiger partial charge in [0, 0.05) is 8.95 Å². The Morgan fingerprint density at radius 2 is 1.86 bits per heavy atom. The fourth-order valence-electron chi connectivity index (χ4n) is 1.47. The van der Waals surface area contributed by atoms with Gasteiger partial charge < -0.3 is 5.73 Å². The summed E-state index contributed by atoms with van der Waals surface area (Å²) in [4.78, 5) is 0. The largest absolute Gasteiger partial charge is 0.397 e. The molecular formula is C11H9Br2N. The minimum Gasteiger partial charge on any atom is -0.397 e. The zero-order chi connectivity index (χ0) is 10.3. The predicted octanol–water partition coefficient (Wildman–Crippen LogP) is 4.26. The van der Waals surface area contributed by atoms with Crippen LogP contribution < -0.4 is 5.73 Å².